The van der Waals surface area contributed by atoms with Crippen LogP contribution in [0.4, 0.5) is 13.2 Å². The van der Waals surface area contributed by atoms with Crippen LogP contribution in [-0.2, 0) is 22.3 Å². The standard InChI is InChI=1S/C29H29F3N2O3/c1-17-6-10-20(11-7-17)24-22-14-15-34(16-19-8-12-21(13-9-19)29(30,31)32)26(22)33-18(2)23(24)25(27(35)36)37-28(3,4)5/h6-15,25H,16H2,1-5H3,(H,35,36). The van der Waals surface area contributed by atoms with E-state index in [0.29, 0.717) is 34.6 Å². The molecule has 0 aliphatic rings. The summed E-state index contributed by atoms with van der Waals surface area (Å²) in [4.78, 5) is 17.2. The molecule has 0 spiro atoms. The number of aromatic nitrogens is 2. The van der Waals surface area contributed by atoms with Gasteiger partial charge in [0.1, 0.15) is 5.65 Å². The summed E-state index contributed by atoms with van der Waals surface area (Å²) in [5.74, 6) is -1.11. The van der Waals surface area contributed by atoms with E-state index in [1.807, 2.05) is 48.0 Å². The summed E-state index contributed by atoms with van der Waals surface area (Å²) < 4.78 is 46.8. The number of carboxylic acids is 1. The Labute approximate surface area is 213 Å². The van der Waals surface area contributed by atoms with Gasteiger partial charge in [-0.2, -0.15) is 13.2 Å². The van der Waals surface area contributed by atoms with Crippen LogP contribution in [0.3, 0.4) is 0 Å². The summed E-state index contributed by atoms with van der Waals surface area (Å²) in [7, 11) is 0. The van der Waals surface area contributed by atoms with Crippen molar-refractivity contribution in [1.29, 1.82) is 0 Å². The highest BCUT2D eigenvalue weighted by molar-refractivity contribution is 5.97. The quantitative estimate of drug-likeness (QED) is 0.295. The molecule has 0 radical (unpaired) electrons. The lowest BCUT2D eigenvalue weighted by Crippen LogP contribution is -2.28. The maximum absolute atomic E-state index is 13.0. The smallest absolute Gasteiger partial charge is 0.416 e. The molecule has 4 rings (SSSR count). The zero-order valence-corrected chi connectivity index (χ0v) is 21.3. The van der Waals surface area contributed by atoms with Crippen molar-refractivity contribution >= 4 is 17.0 Å². The second-order valence-corrected chi connectivity index (χ2v) is 10.2. The van der Waals surface area contributed by atoms with Gasteiger partial charge in [-0.05, 0) is 63.9 Å². The van der Waals surface area contributed by atoms with Crippen molar-refractivity contribution < 1.29 is 27.8 Å². The van der Waals surface area contributed by atoms with Crippen molar-refractivity contribution in [3.63, 3.8) is 0 Å². The van der Waals surface area contributed by atoms with Gasteiger partial charge in [0, 0.05) is 34.9 Å². The molecule has 5 nitrogen and oxygen atoms in total. The van der Waals surface area contributed by atoms with E-state index in [0.717, 1.165) is 28.6 Å². The zero-order chi connectivity index (χ0) is 27.1. The molecule has 194 valence electrons. The van der Waals surface area contributed by atoms with Crippen LogP contribution in [0.1, 0.15) is 54.8 Å². The van der Waals surface area contributed by atoms with Gasteiger partial charge in [-0.1, -0.05) is 42.0 Å². The van der Waals surface area contributed by atoms with Gasteiger partial charge in [0.25, 0.3) is 0 Å². The number of halogens is 3. The molecule has 37 heavy (non-hydrogen) atoms. The van der Waals surface area contributed by atoms with E-state index in [4.69, 9.17) is 9.72 Å². The number of nitrogens with zero attached hydrogens (tertiary/aromatic N) is 2. The number of ether oxygens (including phenoxy) is 1. The fourth-order valence-electron chi connectivity index (χ4n) is 4.39. The van der Waals surface area contributed by atoms with Crippen molar-refractivity contribution in [3.8, 4) is 11.1 Å². The third kappa shape index (κ3) is 5.69. The first kappa shape index (κ1) is 26.4. The van der Waals surface area contributed by atoms with Gasteiger partial charge in [-0.25, -0.2) is 9.78 Å². The first-order valence-electron chi connectivity index (χ1n) is 11.9. The largest absolute Gasteiger partial charge is 0.479 e. The molecule has 0 aliphatic carbocycles. The second kappa shape index (κ2) is 9.67. The monoisotopic (exact) mass is 510 g/mol. The number of benzene rings is 2. The van der Waals surface area contributed by atoms with Crippen molar-refractivity contribution in [3.05, 3.63) is 88.7 Å². The Hall–Kier alpha value is -3.65. The molecule has 1 N–H and O–H groups in total. The number of alkyl halides is 3. The van der Waals surface area contributed by atoms with Crippen LogP contribution in [0, 0.1) is 13.8 Å². The van der Waals surface area contributed by atoms with Crippen LogP contribution in [0.2, 0.25) is 0 Å². The van der Waals surface area contributed by atoms with E-state index in [2.05, 4.69) is 0 Å². The lowest BCUT2D eigenvalue weighted by molar-refractivity contribution is -0.160. The van der Waals surface area contributed by atoms with Gasteiger partial charge in [0.15, 0.2) is 6.10 Å². The summed E-state index contributed by atoms with van der Waals surface area (Å²) >= 11 is 0. The van der Waals surface area contributed by atoms with Crippen LogP contribution < -0.4 is 0 Å². The summed E-state index contributed by atoms with van der Waals surface area (Å²) in [6.07, 6.45) is -3.82. The average molecular weight is 511 g/mol. The summed E-state index contributed by atoms with van der Waals surface area (Å²) in [5, 5.41) is 10.9. The fourth-order valence-corrected chi connectivity index (χ4v) is 4.39. The maximum Gasteiger partial charge on any atom is 0.416 e. The minimum atomic E-state index is -4.40. The molecule has 0 saturated carbocycles. The molecule has 0 aliphatic heterocycles. The molecule has 2 aromatic heterocycles. The number of rotatable bonds is 6. The molecule has 2 aromatic carbocycles. The van der Waals surface area contributed by atoms with Crippen molar-refractivity contribution in [1.82, 2.24) is 9.55 Å². The van der Waals surface area contributed by atoms with E-state index in [9.17, 15) is 23.1 Å². The van der Waals surface area contributed by atoms with Crippen LogP contribution in [0.15, 0.2) is 60.8 Å². The zero-order valence-electron chi connectivity index (χ0n) is 21.3. The highest BCUT2D eigenvalue weighted by Gasteiger charge is 2.33. The number of carboxylic acid groups (broad SMARTS) is 1. The van der Waals surface area contributed by atoms with E-state index < -0.39 is 29.4 Å². The first-order chi connectivity index (χ1) is 17.2. The molecule has 0 saturated heterocycles. The number of pyridine rings is 1. The number of aliphatic carboxylic acids is 1. The Morgan fingerprint density at radius 2 is 1.62 bits per heavy atom. The lowest BCUT2D eigenvalue weighted by Gasteiger charge is -2.28. The molecule has 0 fully saturated rings. The minimum Gasteiger partial charge on any atom is -0.479 e. The van der Waals surface area contributed by atoms with Crippen LogP contribution in [-0.4, -0.2) is 26.2 Å². The first-order valence-corrected chi connectivity index (χ1v) is 11.9. The Morgan fingerprint density at radius 1 is 1.00 bits per heavy atom. The Bertz CT molecular complexity index is 1430. The number of carbonyl (C=O) groups is 1. The Balaban J connectivity index is 1.89. The van der Waals surface area contributed by atoms with Gasteiger partial charge < -0.3 is 14.4 Å². The van der Waals surface area contributed by atoms with Crippen LogP contribution in [0.25, 0.3) is 22.2 Å². The topological polar surface area (TPSA) is 64.3 Å². The normalized spacial score (nSPS) is 13.2. The van der Waals surface area contributed by atoms with E-state index in [-0.39, 0.29) is 0 Å². The average Bonchev–Trinajstić information content (AvgIpc) is 3.18. The van der Waals surface area contributed by atoms with E-state index in [1.165, 1.54) is 12.1 Å². The molecule has 1 unspecified atom stereocenters. The van der Waals surface area contributed by atoms with Gasteiger partial charge in [-0.15, -0.1) is 0 Å². The molecule has 0 amide bonds. The molecule has 8 heteroatoms. The molecular formula is C29H29F3N2O3. The Morgan fingerprint density at radius 3 is 2.16 bits per heavy atom. The van der Waals surface area contributed by atoms with Crippen molar-refractivity contribution in [2.24, 2.45) is 0 Å². The van der Waals surface area contributed by atoms with Crippen LogP contribution in [0.5, 0.6) is 0 Å². The van der Waals surface area contributed by atoms with Crippen molar-refractivity contribution in [2.75, 3.05) is 0 Å². The third-order valence-electron chi connectivity index (χ3n) is 6.07. The van der Waals surface area contributed by atoms with Gasteiger partial charge in [0.05, 0.1) is 11.2 Å². The van der Waals surface area contributed by atoms with Crippen molar-refractivity contribution in [2.45, 2.75) is 59.0 Å². The van der Waals surface area contributed by atoms with Gasteiger partial charge in [-0.3, -0.25) is 0 Å². The number of hydrogen-bond donors (Lipinski definition) is 1. The van der Waals surface area contributed by atoms with E-state index >= 15 is 0 Å². The predicted molar refractivity (Wildman–Crippen MR) is 136 cm³/mol. The Kier molecular flexibility index (Phi) is 6.90. The molecular weight excluding hydrogens is 481 g/mol. The summed E-state index contributed by atoms with van der Waals surface area (Å²) in [6.45, 7) is 9.44. The van der Waals surface area contributed by atoms with Gasteiger partial charge in [0.2, 0.25) is 0 Å². The predicted octanol–water partition coefficient (Wildman–Crippen LogP) is 7.33. The molecule has 0 bridgehead atoms. The molecule has 4 aromatic rings. The SMILES string of the molecule is Cc1ccc(-c2c(C(OC(C)(C)C)C(=O)O)c(C)nc3c2ccn3Cc2ccc(C(F)(F)F)cc2)cc1. The van der Waals surface area contributed by atoms with E-state index in [1.54, 1.807) is 27.7 Å². The molecule has 1 atom stereocenters. The lowest BCUT2D eigenvalue weighted by atomic mass is 9.92. The number of fused-ring (bicyclic) bond motifs is 1. The fraction of sp³-hybridized carbons (Fsp3) is 0.310. The maximum atomic E-state index is 13.0. The van der Waals surface area contributed by atoms with Crippen LogP contribution >= 0.6 is 0 Å². The third-order valence-corrected chi connectivity index (χ3v) is 6.07. The number of hydrogen-bond acceptors (Lipinski definition) is 3. The minimum absolute atomic E-state index is 0.307. The summed E-state index contributed by atoms with van der Waals surface area (Å²) in [6, 6.07) is 14.7. The highest BCUT2D eigenvalue weighted by Crippen LogP contribution is 2.40. The highest BCUT2D eigenvalue weighted by atomic mass is 19.4. The second-order valence-electron chi connectivity index (χ2n) is 10.2. The van der Waals surface area contributed by atoms with Gasteiger partial charge >= 0.3 is 12.1 Å². The number of aryl methyl sites for hydroxylation is 2. The molecule has 2 heterocycles. The summed E-state index contributed by atoms with van der Waals surface area (Å²) in [5.41, 5.74) is 3.46.